The summed E-state index contributed by atoms with van der Waals surface area (Å²) in [5.74, 6) is -1.32. The van der Waals surface area contributed by atoms with E-state index >= 15 is 0 Å². The average molecular weight is 317 g/mol. The summed E-state index contributed by atoms with van der Waals surface area (Å²) < 4.78 is 27.0. The molecule has 0 saturated carbocycles. The highest BCUT2D eigenvalue weighted by molar-refractivity contribution is 9.10. The third-order valence-corrected chi connectivity index (χ3v) is 2.74. The van der Waals surface area contributed by atoms with Crippen LogP contribution in [0.15, 0.2) is 16.6 Å². The molecule has 0 unspecified atom stereocenters. The zero-order chi connectivity index (χ0) is 11.4. The first kappa shape index (κ1) is 15.8. The van der Waals surface area contributed by atoms with Crippen LogP contribution in [0.4, 0.5) is 8.78 Å². The second kappa shape index (κ2) is 7.17. The van der Waals surface area contributed by atoms with E-state index in [2.05, 4.69) is 15.9 Å². The number of hydrogen-bond donors (Lipinski definition) is 2. The van der Waals surface area contributed by atoms with Crippen LogP contribution in [0.5, 0.6) is 0 Å². The molecule has 1 atom stereocenters. The predicted molar refractivity (Wildman–Crippen MR) is 64.6 cm³/mol. The summed E-state index contributed by atoms with van der Waals surface area (Å²) in [4.78, 5) is 0. The molecule has 16 heavy (non-hydrogen) atoms. The Morgan fingerprint density at radius 3 is 2.56 bits per heavy atom. The van der Waals surface area contributed by atoms with E-state index in [4.69, 9.17) is 10.8 Å². The molecular weight excluding hydrogens is 303 g/mol. The SMILES string of the molecule is Cl.N[C@@H](CCCO)c1c(F)ccc(Br)c1F. The van der Waals surface area contributed by atoms with Gasteiger partial charge in [0.25, 0.3) is 0 Å². The van der Waals surface area contributed by atoms with Crippen molar-refractivity contribution in [3.8, 4) is 0 Å². The Morgan fingerprint density at radius 1 is 1.38 bits per heavy atom. The molecular formula is C10H13BrClF2NO. The number of halogens is 4. The lowest BCUT2D eigenvalue weighted by Crippen LogP contribution is -2.15. The van der Waals surface area contributed by atoms with Gasteiger partial charge < -0.3 is 10.8 Å². The minimum absolute atomic E-state index is 0. The van der Waals surface area contributed by atoms with Crippen LogP contribution in [-0.4, -0.2) is 11.7 Å². The lowest BCUT2D eigenvalue weighted by molar-refractivity contribution is 0.278. The fraction of sp³-hybridized carbons (Fsp3) is 0.400. The number of rotatable bonds is 4. The molecule has 1 aromatic rings. The van der Waals surface area contributed by atoms with Crippen LogP contribution in [0.2, 0.25) is 0 Å². The van der Waals surface area contributed by atoms with Crippen molar-refractivity contribution >= 4 is 28.3 Å². The Hall–Kier alpha value is -0.230. The van der Waals surface area contributed by atoms with Crippen molar-refractivity contribution in [3.63, 3.8) is 0 Å². The zero-order valence-electron chi connectivity index (χ0n) is 8.42. The first-order valence-corrected chi connectivity index (χ1v) is 5.37. The van der Waals surface area contributed by atoms with Crippen LogP contribution in [0.1, 0.15) is 24.4 Å². The van der Waals surface area contributed by atoms with Crippen molar-refractivity contribution in [3.05, 3.63) is 33.8 Å². The molecule has 0 amide bonds. The molecule has 0 aliphatic rings. The van der Waals surface area contributed by atoms with Gasteiger partial charge in [0.1, 0.15) is 11.6 Å². The zero-order valence-corrected chi connectivity index (χ0v) is 10.8. The molecule has 0 aliphatic heterocycles. The molecule has 0 aliphatic carbocycles. The summed E-state index contributed by atoms with van der Waals surface area (Å²) in [5.41, 5.74) is 5.51. The monoisotopic (exact) mass is 315 g/mol. The van der Waals surface area contributed by atoms with E-state index < -0.39 is 17.7 Å². The normalized spacial score (nSPS) is 12.1. The van der Waals surface area contributed by atoms with Gasteiger partial charge in [-0.25, -0.2) is 8.78 Å². The van der Waals surface area contributed by atoms with Gasteiger partial charge in [0, 0.05) is 18.2 Å². The number of nitrogens with two attached hydrogens (primary N) is 1. The van der Waals surface area contributed by atoms with Crippen molar-refractivity contribution in [2.75, 3.05) is 6.61 Å². The minimum Gasteiger partial charge on any atom is -0.396 e. The number of aliphatic hydroxyl groups excluding tert-OH is 1. The van der Waals surface area contributed by atoms with Crippen molar-refractivity contribution in [1.82, 2.24) is 0 Å². The Labute approximate surface area is 107 Å². The number of hydrogen-bond acceptors (Lipinski definition) is 2. The molecule has 0 radical (unpaired) electrons. The highest BCUT2D eigenvalue weighted by Gasteiger charge is 2.18. The van der Waals surface area contributed by atoms with Gasteiger partial charge in [-0.05, 0) is 40.9 Å². The van der Waals surface area contributed by atoms with E-state index in [9.17, 15) is 8.78 Å². The largest absolute Gasteiger partial charge is 0.396 e. The quantitative estimate of drug-likeness (QED) is 0.839. The number of benzene rings is 1. The van der Waals surface area contributed by atoms with Gasteiger partial charge in [0.15, 0.2) is 0 Å². The van der Waals surface area contributed by atoms with Gasteiger partial charge in [-0.3, -0.25) is 0 Å². The van der Waals surface area contributed by atoms with Gasteiger partial charge in [0.05, 0.1) is 4.47 Å². The first-order valence-electron chi connectivity index (χ1n) is 4.57. The van der Waals surface area contributed by atoms with Crippen LogP contribution < -0.4 is 5.73 Å². The lowest BCUT2D eigenvalue weighted by Gasteiger charge is -2.13. The average Bonchev–Trinajstić information content (AvgIpc) is 2.21. The van der Waals surface area contributed by atoms with Crippen LogP contribution in [0.25, 0.3) is 0 Å². The van der Waals surface area contributed by atoms with Gasteiger partial charge in [-0.1, -0.05) is 0 Å². The summed E-state index contributed by atoms with van der Waals surface area (Å²) in [6, 6.07) is 1.74. The lowest BCUT2D eigenvalue weighted by atomic mass is 10.0. The van der Waals surface area contributed by atoms with Crippen molar-refractivity contribution in [1.29, 1.82) is 0 Å². The molecule has 0 bridgehead atoms. The highest BCUT2D eigenvalue weighted by Crippen LogP contribution is 2.27. The van der Waals surface area contributed by atoms with Crippen LogP contribution in [0, 0.1) is 11.6 Å². The molecule has 0 spiro atoms. The topological polar surface area (TPSA) is 46.2 Å². The van der Waals surface area contributed by atoms with Crippen LogP contribution in [-0.2, 0) is 0 Å². The third-order valence-electron chi connectivity index (χ3n) is 2.12. The second-order valence-corrected chi connectivity index (χ2v) is 4.08. The minimum atomic E-state index is -0.727. The van der Waals surface area contributed by atoms with E-state index in [1.54, 1.807) is 0 Å². The standard InChI is InChI=1S/C10H12BrF2NO.ClH/c11-6-3-4-7(12)9(10(6)13)8(14)2-1-5-15;/h3-4,8,15H,1-2,5,14H2;1H/t8-;/m0./s1. The van der Waals surface area contributed by atoms with E-state index in [0.717, 1.165) is 0 Å². The summed E-state index contributed by atoms with van der Waals surface area (Å²) >= 11 is 2.97. The third kappa shape index (κ3) is 3.66. The predicted octanol–water partition coefficient (Wildman–Crippen LogP) is 2.92. The summed E-state index contributed by atoms with van der Waals surface area (Å²) in [5, 5.41) is 8.60. The summed E-state index contributed by atoms with van der Waals surface area (Å²) in [7, 11) is 0. The fourth-order valence-corrected chi connectivity index (χ4v) is 1.68. The number of aliphatic hydroxyl groups is 1. The first-order chi connectivity index (χ1) is 7.07. The Morgan fingerprint density at radius 2 is 2.00 bits per heavy atom. The molecule has 1 aromatic carbocycles. The Balaban J connectivity index is 0.00000225. The molecule has 3 N–H and O–H groups in total. The van der Waals surface area contributed by atoms with Gasteiger partial charge >= 0.3 is 0 Å². The van der Waals surface area contributed by atoms with Crippen LogP contribution in [0.3, 0.4) is 0 Å². The maximum absolute atomic E-state index is 13.5. The van der Waals surface area contributed by atoms with E-state index in [-0.39, 0.29) is 29.1 Å². The molecule has 6 heteroatoms. The van der Waals surface area contributed by atoms with Crippen molar-refractivity contribution < 1.29 is 13.9 Å². The van der Waals surface area contributed by atoms with E-state index in [1.807, 2.05) is 0 Å². The molecule has 0 saturated heterocycles. The summed E-state index contributed by atoms with van der Waals surface area (Å²) in [6.45, 7) is -0.0368. The second-order valence-electron chi connectivity index (χ2n) is 3.23. The maximum atomic E-state index is 13.5. The summed E-state index contributed by atoms with van der Waals surface area (Å²) in [6.07, 6.45) is 0.771. The molecule has 1 rings (SSSR count). The van der Waals surface area contributed by atoms with E-state index in [1.165, 1.54) is 12.1 Å². The van der Waals surface area contributed by atoms with E-state index in [0.29, 0.717) is 12.8 Å². The van der Waals surface area contributed by atoms with Crippen molar-refractivity contribution in [2.24, 2.45) is 5.73 Å². The molecule has 0 fully saturated rings. The molecule has 0 aromatic heterocycles. The highest BCUT2D eigenvalue weighted by atomic mass is 79.9. The Bertz CT molecular complexity index is 352. The fourth-order valence-electron chi connectivity index (χ4n) is 1.34. The van der Waals surface area contributed by atoms with Gasteiger partial charge in [0.2, 0.25) is 0 Å². The van der Waals surface area contributed by atoms with Crippen molar-refractivity contribution in [2.45, 2.75) is 18.9 Å². The molecule has 92 valence electrons. The van der Waals surface area contributed by atoms with Gasteiger partial charge in [-0.15, -0.1) is 12.4 Å². The molecule has 2 nitrogen and oxygen atoms in total. The Kier molecular flexibility index (Phi) is 7.06. The smallest absolute Gasteiger partial charge is 0.145 e. The van der Waals surface area contributed by atoms with Gasteiger partial charge in [-0.2, -0.15) is 0 Å². The molecule has 0 heterocycles. The maximum Gasteiger partial charge on any atom is 0.145 e. The van der Waals surface area contributed by atoms with Crippen LogP contribution >= 0.6 is 28.3 Å².